The van der Waals surface area contributed by atoms with Crippen molar-refractivity contribution in [1.82, 2.24) is 0 Å². The third-order valence-electron chi connectivity index (χ3n) is 6.72. The lowest BCUT2D eigenvalue weighted by molar-refractivity contribution is 0.296. The Hall–Kier alpha value is -4.14. The maximum absolute atomic E-state index is 6.35. The van der Waals surface area contributed by atoms with E-state index < -0.39 is 0 Å². The Labute approximate surface area is 242 Å². The number of unbranched alkanes of at least 4 members (excludes halogenated alkanes) is 6. The maximum atomic E-state index is 6.35. The molecule has 3 rings (SSSR count). The molecule has 0 saturated heterocycles. The predicted octanol–water partition coefficient (Wildman–Crippen LogP) is 9.91. The van der Waals surface area contributed by atoms with Gasteiger partial charge in [0.2, 0.25) is 0 Å². The predicted molar refractivity (Wildman–Crippen MR) is 172 cm³/mol. The molecule has 0 amide bonds. The molecule has 0 spiro atoms. The van der Waals surface area contributed by atoms with Gasteiger partial charge in [0.1, 0.15) is 11.5 Å². The van der Waals surface area contributed by atoms with Crippen LogP contribution in [0, 0.1) is 24.7 Å². The highest BCUT2D eigenvalue weighted by Crippen LogP contribution is 2.33. The van der Waals surface area contributed by atoms with Gasteiger partial charge in [0, 0.05) is 22.3 Å². The van der Waals surface area contributed by atoms with Gasteiger partial charge in [-0.25, -0.2) is 0 Å². The van der Waals surface area contributed by atoms with Crippen molar-refractivity contribution in [3.8, 4) is 36.2 Å². The van der Waals surface area contributed by atoms with Gasteiger partial charge < -0.3 is 9.47 Å². The average Bonchev–Trinajstić information content (AvgIpc) is 3.00. The van der Waals surface area contributed by atoms with Gasteiger partial charge in [0.25, 0.3) is 0 Å². The minimum atomic E-state index is 0.686. The lowest BCUT2D eigenvalue weighted by atomic mass is 10.0. The summed E-state index contributed by atoms with van der Waals surface area (Å²) in [6.45, 7) is 5.82. The highest BCUT2D eigenvalue weighted by Gasteiger charge is 2.10. The number of rotatable bonds is 16. The van der Waals surface area contributed by atoms with Crippen molar-refractivity contribution in [2.45, 2.75) is 65.2 Å². The van der Waals surface area contributed by atoms with Crippen LogP contribution in [0.3, 0.4) is 0 Å². The first-order valence-electron chi connectivity index (χ1n) is 14.6. The zero-order valence-corrected chi connectivity index (χ0v) is 24.1. The highest BCUT2D eigenvalue weighted by molar-refractivity contribution is 5.79. The molecule has 0 aliphatic carbocycles. The fourth-order valence-corrected chi connectivity index (χ4v) is 4.28. The van der Waals surface area contributed by atoms with Crippen molar-refractivity contribution in [1.29, 1.82) is 0 Å². The minimum Gasteiger partial charge on any atom is -0.493 e. The van der Waals surface area contributed by atoms with Crippen LogP contribution in [-0.2, 0) is 0 Å². The Morgan fingerprint density at radius 1 is 0.550 bits per heavy atom. The van der Waals surface area contributed by atoms with Gasteiger partial charge in [-0.2, -0.15) is 0 Å². The normalized spacial score (nSPS) is 11.0. The Kier molecular flexibility index (Phi) is 13.3. The Morgan fingerprint density at radius 3 is 1.30 bits per heavy atom. The first-order chi connectivity index (χ1) is 19.7. The number of hydrogen-bond donors (Lipinski definition) is 0. The molecule has 0 heterocycles. The SMILES string of the molecule is C#Cc1ccc(/C=C/c2cc(OCCCCCC)c(/C=C/c3ccc(C#C)cc3)cc2OCCCCCC)cc1. The van der Waals surface area contributed by atoms with Gasteiger partial charge in [-0.15, -0.1) is 12.8 Å². The summed E-state index contributed by atoms with van der Waals surface area (Å²) in [6.07, 6.45) is 28.7. The average molecular weight is 531 g/mol. The van der Waals surface area contributed by atoms with E-state index in [1.54, 1.807) is 0 Å². The van der Waals surface area contributed by atoms with E-state index >= 15 is 0 Å². The molecule has 0 fully saturated rings. The summed E-state index contributed by atoms with van der Waals surface area (Å²) in [4.78, 5) is 0. The highest BCUT2D eigenvalue weighted by atomic mass is 16.5. The molecule has 0 aliphatic heterocycles. The largest absolute Gasteiger partial charge is 0.493 e. The summed E-state index contributed by atoms with van der Waals surface area (Å²) < 4.78 is 12.7. The van der Waals surface area contributed by atoms with E-state index in [-0.39, 0.29) is 0 Å². The molecular formula is C38H42O2. The summed E-state index contributed by atoms with van der Waals surface area (Å²) in [7, 11) is 0. The van der Waals surface area contributed by atoms with Gasteiger partial charge >= 0.3 is 0 Å². The topological polar surface area (TPSA) is 18.5 Å². The summed E-state index contributed by atoms with van der Waals surface area (Å²) in [5.41, 5.74) is 5.89. The van der Waals surface area contributed by atoms with Crippen molar-refractivity contribution < 1.29 is 9.47 Å². The van der Waals surface area contributed by atoms with Crippen LogP contribution in [0.5, 0.6) is 11.5 Å². The second-order valence-corrected chi connectivity index (χ2v) is 9.95. The van der Waals surface area contributed by atoms with Crippen LogP contribution in [0.15, 0.2) is 60.7 Å². The van der Waals surface area contributed by atoms with Crippen LogP contribution >= 0.6 is 0 Å². The summed E-state index contributed by atoms with van der Waals surface area (Å²) in [5.74, 6) is 7.06. The minimum absolute atomic E-state index is 0.686. The molecule has 0 aromatic heterocycles. The van der Waals surface area contributed by atoms with Crippen molar-refractivity contribution in [2.75, 3.05) is 13.2 Å². The molecule has 0 saturated carbocycles. The Bertz CT molecular complexity index is 1210. The second kappa shape index (κ2) is 17.4. The lowest BCUT2D eigenvalue weighted by Gasteiger charge is -2.15. The zero-order chi connectivity index (χ0) is 28.4. The third kappa shape index (κ3) is 10.2. The lowest BCUT2D eigenvalue weighted by Crippen LogP contribution is -2.03. The first-order valence-corrected chi connectivity index (χ1v) is 14.6. The standard InChI is InChI=1S/C38H42O2/c1-5-9-11-13-27-39-37-29-36(26-24-34-21-17-32(8-4)18-22-34)38(40-28-14-12-10-6-2)30-35(37)25-23-33-19-15-31(7-3)16-20-33/h3-4,15-26,29-30H,5-6,9-14,27-28H2,1-2H3/b25-23+,26-24+. The summed E-state index contributed by atoms with van der Waals surface area (Å²) >= 11 is 0. The monoisotopic (exact) mass is 530 g/mol. The maximum Gasteiger partial charge on any atom is 0.127 e. The zero-order valence-electron chi connectivity index (χ0n) is 24.1. The fourth-order valence-electron chi connectivity index (χ4n) is 4.28. The number of hydrogen-bond acceptors (Lipinski definition) is 2. The molecule has 2 heteroatoms. The molecule has 3 aromatic rings. The molecular weight excluding hydrogens is 488 g/mol. The van der Waals surface area contributed by atoms with Gasteiger partial charge in [-0.05, 0) is 60.4 Å². The van der Waals surface area contributed by atoms with Gasteiger partial charge in [0.15, 0.2) is 0 Å². The molecule has 3 aromatic carbocycles. The second-order valence-electron chi connectivity index (χ2n) is 9.95. The molecule has 0 bridgehead atoms. The fraction of sp³-hybridized carbons (Fsp3) is 0.316. The van der Waals surface area contributed by atoms with Crippen LogP contribution in [0.2, 0.25) is 0 Å². The van der Waals surface area contributed by atoms with Gasteiger partial charge in [-0.1, -0.05) is 113 Å². The smallest absolute Gasteiger partial charge is 0.127 e. The van der Waals surface area contributed by atoms with E-state index in [1.807, 2.05) is 48.5 Å². The van der Waals surface area contributed by atoms with E-state index in [4.69, 9.17) is 22.3 Å². The van der Waals surface area contributed by atoms with E-state index in [0.717, 1.165) is 57.7 Å². The molecule has 0 atom stereocenters. The van der Waals surface area contributed by atoms with Crippen molar-refractivity contribution >= 4 is 24.3 Å². The Morgan fingerprint density at radius 2 is 0.950 bits per heavy atom. The van der Waals surface area contributed by atoms with Gasteiger partial charge in [0.05, 0.1) is 13.2 Å². The van der Waals surface area contributed by atoms with Crippen molar-refractivity contribution in [3.63, 3.8) is 0 Å². The van der Waals surface area contributed by atoms with E-state index in [0.29, 0.717) is 13.2 Å². The quantitative estimate of drug-likeness (QED) is 0.104. The van der Waals surface area contributed by atoms with E-state index in [9.17, 15) is 0 Å². The van der Waals surface area contributed by atoms with Crippen LogP contribution in [0.4, 0.5) is 0 Å². The van der Waals surface area contributed by atoms with Gasteiger partial charge in [-0.3, -0.25) is 0 Å². The number of terminal acetylenes is 2. The molecule has 2 nitrogen and oxygen atoms in total. The van der Waals surface area contributed by atoms with Crippen LogP contribution < -0.4 is 9.47 Å². The summed E-state index contributed by atoms with van der Waals surface area (Å²) in [6, 6.07) is 20.2. The molecule has 40 heavy (non-hydrogen) atoms. The molecule has 0 unspecified atom stereocenters. The molecule has 0 N–H and O–H groups in total. The van der Waals surface area contributed by atoms with E-state index in [1.165, 1.54) is 38.5 Å². The molecule has 0 aliphatic rings. The van der Waals surface area contributed by atoms with Crippen LogP contribution in [0.25, 0.3) is 24.3 Å². The van der Waals surface area contributed by atoms with Crippen LogP contribution in [-0.4, -0.2) is 13.2 Å². The van der Waals surface area contributed by atoms with Crippen molar-refractivity contribution in [2.24, 2.45) is 0 Å². The van der Waals surface area contributed by atoms with Crippen molar-refractivity contribution in [3.05, 3.63) is 94.0 Å². The van der Waals surface area contributed by atoms with E-state index in [2.05, 4.69) is 62.1 Å². The first kappa shape index (κ1) is 30.4. The molecule has 206 valence electrons. The Balaban J connectivity index is 1.93. The molecule has 0 radical (unpaired) electrons. The number of ether oxygens (including phenoxy) is 2. The number of benzene rings is 3. The van der Waals surface area contributed by atoms with Crippen LogP contribution in [0.1, 0.15) is 98.6 Å². The third-order valence-corrected chi connectivity index (χ3v) is 6.72. The summed E-state index contributed by atoms with van der Waals surface area (Å²) in [5, 5.41) is 0.